The molecule has 0 spiro atoms. The fourth-order valence-electron chi connectivity index (χ4n) is 2.81. The number of nitrogens with zero attached hydrogens (tertiary/aromatic N) is 5. The normalized spacial score (nSPS) is 18.6. The Labute approximate surface area is 172 Å². The van der Waals surface area contributed by atoms with Crippen molar-refractivity contribution in [2.75, 3.05) is 5.75 Å². The monoisotopic (exact) mass is 430 g/mol. The van der Waals surface area contributed by atoms with Crippen molar-refractivity contribution in [1.29, 1.82) is 0 Å². The molecule has 1 saturated heterocycles. The standard InChI is InChI=1S/C17H14N6O4S2/c24-16(25)12-9-28-15(18-12)10-6-7-14(13(8-10)23(26)27)29-17-19-20-21-22(17)11-4-2-1-3-5-11/h1-8,12,15,18H,9H2,(H,24,25)/t12-,15-/m1/s1. The Hall–Kier alpha value is -2.96. The molecule has 1 fully saturated rings. The number of hydrogen-bond donors (Lipinski definition) is 2. The Morgan fingerprint density at radius 1 is 1.31 bits per heavy atom. The summed E-state index contributed by atoms with van der Waals surface area (Å²) in [7, 11) is 0. The molecule has 0 saturated carbocycles. The zero-order valence-corrected chi connectivity index (χ0v) is 16.3. The number of hydrogen-bond acceptors (Lipinski definition) is 9. The Balaban J connectivity index is 1.62. The van der Waals surface area contributed by atoms with Gasteiger partial charge in [-0.05, 0) is 46.0 Å². The minimum atomic E-state index is -0.936. The van der Waals surface area contributed by atoms with Crippen LogP contribution in [0.3, 0.4) is 0 Å². The molecule has 2 atom stereocenters. The Bertz CT molecular complexity index is 1060. The number of thioether (sulfide) groups is 1. The van der Waals surface area contributed by atoms with E-state index in [4.69, 9.17) is 5.11 Å². The van der Waals surface area contributed by atoms with Gasteiger partial charge in [0, 0.05) is 11.8 Å². The molecule has 0 radical (unpaired) electrons. The fourth-order valence-corrected chi connectivity index (χ4v) is 4.90. The number of benzene rings is 2. The number of nitrogens with one attached hydrogen (secondary N) is 1. The van der Waals surface area contributed by atoms with Crippen molar-refractivity contribution in [3.05, 3.63) is 64.2 Å². The van der Waals surface area contributed by atoms with Crippen LogP contribution in [0.4, 0.5) is 5.69 Å². The number of para-hydroxylation sites is 1. The Kier molecular flexibility index (Phi) is 5.47. The van der Waals surface area contributed by atoms with Gasteiger partial charge in [0.15, 0.2) is 0 Å². The summed E-state index contributed by atoms with van der Waals surface area (Å²) < 4.78 is 1.51. The summed E-state index contributed by atoms with van der Waals surface area (Å²) in [6.45, 7) is 0. The van der Waals surface area contributed by atoms with E-state index < -0.39 is 16.9 Å². The molecule has 1 aromatic heterocycles. The van der Waals surface area contributed by atoms with Gasteiger partial charge in [-0.25, -0.2) is 0 Å². The van der Waals surface area contributed by atoms with Gasteiger partial charge in [0.25, 0.3) is 5.69 Å². The zero-order chi connectivity index (χ0) is 20.4. The highest BCUT2D eigenvalue weighted by molar-refractivity contribution is 7.99. The minimum absolute atomic E-state index is 0.0868. The third kappa shape index (κ3) is 4.09. The van der Waals surface area contributed by atoms with E-state index in [-0.39, 0.29) is 11.1 Å². The lowest BCUT2D eigenvalue weighted by molar-refractivity contribution is -0.387. The van der Waals surface area contributed by atoms with Crippen LogP contribution in [0.1, 0.15) is 10.9 Å². The molecule has 2 N–H and O–H groups in total. The Morgan fingerprint density at radius 3 is 2.79 bits per heavy atom. The van der Waals surface area contributed by atoms with Crippen LogP contribution < -0.4 is 5.32 Å². The van der Waals surface area contributed by atoms with Crippen molar-refractivity contribution in [3.8, 4) is 5.69 Å². The lowest BCUT2D eigenvalue weighted by Crippen LogP contribution is -2.33. The molecular formula is C17H14N6O4S2. The average molecular weight is 430 g/mol. The quantitative estimate of drug-likeness (QED) is 0.443. The summed E-state index contributed by atoms with van der Waals surface area (Å²) >= 11 is 2.50. The van der Waals surface area contributed by atoms with E-state index >= 15 is 0 Å². The van der Waals surface area contributed by atoms with Gasteiger partial charge in [-0.3, -0.25) is 20.2 Å². The number of aliphatic carboxylic acids is 1. The average Bonchev–Trinajstić information content (AvgIpc) is 3.39. The highest BCUT2D eigenvalue weighted by atomic mass is 32.2. The second-order valence-electron chi connectivity index (χ2n) is 6.07. The molecule has 3 aromatic rings. The lowest BCUT2D eigenvalue weighted by Gasteiger charge is -2.12. The van der Waals surface area contributed by atoms with E-state index in [0.717, 1.165) is 17.4 Å². The number of carboxylic acid groups (broad SMARTS) is 1. The summed E-state index contributed by atoms with van der Waals surface area (Å²) in [5.41, 5.74) is 1.30. The van der Waals surface area contributed by atoms with Crippen LogP contribution in [0, 0.1) is 10.1 Å². The first-order valence-electron chi connectivity index (χ1n) is 8.43. The van der Waals surface area contributed by atoms with Crippen molar-refractivity contribution in [2.45, 2.75) is 21.5 Å². The van der Waals surface area contributed by atoms with E-state index in [1.807, 2.05) is 30.3 Å². The van der Waals surface area contributed by atoms with Crippen molar-refractivity contribution in [3.63, 3.8) is 0 Å². The van der Waals surface area contributed by atoms with E-state index in [9.17, 15) is 14.9 Å². The van der Waals surface area contributed by atoms with Crippen LogP contribution in [0.15, 0.2) is 58.6 Å². The van der Waals surface area contributed by atoms with Gasteiger partial charge in [0.05, 0.1) is 20.9 Å². The third-order valence-corrected chi connectivity index (χ3v) is 6.48. The van der Waals surface area contributed by atoms with Crippen molar-refractivity contribution < 1.29 is 14.8 Å². The highest BCUT2D eigenvalue weighted by Crippen LogP contribution is 2.39. The SMILES string of the molecule is O=C(O)[C@H]1CS[C@H](c2ccc(Sc3nnnn3-c3ccccc3)c([N+](=O)[O-])c2)N1. The number of nitro groups is 1. The maximum absolute atomic E-state index is 11.7. The number of aromatic nitrogens is 4. The van der Waals surface area contributed by atoms with Crippen molar-refractivity contribution in [2.24, 2.45) is 0 Å². The zero-order valence-electron chi connectivity index (χ0n) is 14.7. The first kappa shape index (κ1) is 19.4. The van der Waals surface area contributed by atoms with Crippen molar-refractivity contribution >= 4 is 35.2 Å². The van der Waals surface area contributed by atoms with Gasteiger partial charge in [-0.15, -0.1) is 16.9 Å². The third-order valence-electron chi connectivity index (χ3n) is 4.21. The molecule has 10 nitrogen and oxygen atoms in total. The molecule has 2 aromatic carbocycles. The van der Waals surface area contributed by atoms with Crippen LogP contribution in [-0.4, -0.2) is 48.0 Å². The molecule has 12 heteroatoms. The van der Waals surface area contributed by atoms with Crippen LogP contribution in [0.25, 0.3) is 5.69 Å². The number of carbonyl (C=O) groups is 1. The van der Waals surface area contributed by atoms with Crippen LogP contribution in [0.2, 0.25) is 0 Å². The molecule has 148 valence electrons. The molecule has 0 bridgehead atoms. The highest BCUT2D eigenvalue weighted by Gasteiger charge is 2.31. The fraction of sp³-hybridized carbons (Fsp3) is 0.176. The first-order chi connectivity index (χ1) is 14.0. The van der Waals surface area contributed by atoms with E-state index in [1.54, 1.807) is 12.1 Å². The molecular weight excluding hydrogens is 416 g/mol. The lowest BCUT2D eigenvalue weighted by atomic mass is 10.2. The van der Waals surface area contributed by atoms with E-state index in [0.29, 0.717) is 21.4 Å². The number of nitro benzene ring substituents is 1. The molecule has 0 amide bonds. The summed E-state index contributed by atoms with van der Waals surface area (Å²) in [5.74, 6) is -0.537. The van der Waals surface area contributed by atoms with Crippen LogP contribution >= 0.6 is 23.5 Å². The topological polar surface area (TPSA) is 136 Å². The van der Waals surface area contributed by atoms with Gasteiger partial charge in [0.2, 0.25) is 5.16 Å². The van der Waals surface area contributed by atoms with Gasteiger partial charge in [-0.1, -0.05) is 24.3 Å². The predicted molar refractivity (Wildman–Crippen MR) is 106 cm³/mol. The maximum atomic E-state index is 11.7. The molecule has 4 rings (SSSR count). The first-order valence-corrected chi connectivity index (χ1v) is 10.3. The second-order valence-corrected chi connectivity index (χ2v) is 8.21. The van der Waals surface area contributed by atoms with Gasteiger partial charge >= 0.3 is 5.97 Å². The molecule has 29 heavy (non-hydrogen) atoms. The number of rotatable bonds is 6. The molecule has 0 unspecified atom stereocenters. The van der Waals surface area contributed by atoms with Crippen molar-refractivity contribution in [1.82, 2.24) is 25.5 Å². The number of tetrazole rings is 1. The predicted octanol–water partition coefficient (Wildman–Crippen LogP) is 2.51. The molecule has 1 aliphatic rings. The molecule has 0 aliphatic carbocycles. The van der Waals surface area contributed by atoms with Gasteiger partial charge < -0.3 is 5.11 Å². The van der Waals surface area contributed by atoms with E-state index in [1.165, 1.54) is 22.5 Å². The smallest absolute Gasteiger partial charge is 0.321 e. The summed E-state index contributed by atoms with van der Waals surface area (Å²) in [6.07, 6.45) is 0. The Morgan fingerprint density at radius 2 is 2.10 bits per heavy atom. The van der Waals surface area contributed by atoms with Gasteiger partial charge in [0.1, 0.15) is 6.04 Å². The second kappa shape index (κ2) is 8.19. The summed E-state index contributed by atoms with van der Waals surface area (Å²) in [6, 6.07) is 13.4. The van der Waals surface area contributed by atoms with E-state index in [2.05, 4.69) is 20.8 Å². The van der Waals surface area contributed by atoms with Crippen LogP contribution in [-0.2, 0) is 4.79 Å². The summed E-state index contributed by atoms with van der Waals surface area (Å²) in [5, 5.41) is 35.4. The maximum Gasteiger partial charge on any atom is 0.321 e. The number of carboxylic acids is 1. The summed E-state index contributed by atoms with van der Waals surface area (Å²) in [4.78, 5) is 22.7. The largest absolute Gasteiger partial charge is 0.480 e. The molecule has 2 heterocycles. The molecule has 1 aliphatic heterocycles. The van der Waals surface area contributed by atoms with Gasteiger partial charge in [-0.2, -0.15) is 4.68 Å². The van der Waals surface area contributed by atoms with Crippen LogP contribution in [0.5, 0.6) is 0 Å². The minimum Gasteiger partial charge on any atom is -0.480 e.